The third kappa shape index (κ3) is 5.20. The highest BCUT2D eigenvalue weighted by Crippen LogP contribution is 2.30. The van der Waals surface area contributed by atoms with E-state index in [0.717, 1.165) is 0 Å². The topological polar surface area (TPSA) is 106 Å². The Morgan fingerprint density at radius 3 is 2.36 bits per heavy atom. The number of hydrogen-bond donors (Lipinski definition) is 2. The van der Waals surface area contributed by atoms with E-state index in [1.54, 1.807) is 13.8 Å². The van der Waals surface area contributed by atoms with E-state index in [9.17, 15) is 17.2 Å². The highest BCUT2D eigenvalue weighted by Gasteiger charge is 2.24. The van der Waals surface area contributed by atoms with Crippen molar-refractivity contribution >= 4 is 27.1 Å². The molecular weight excluding hydrogens is 490 g/mol. The Hall–Kier alpha value is -4.25. The third-order valence-electron chi connectivity index (χ3n) is 5.23. The Morgan fingerprint density at radius 2 is 1.72 bits per heavy atom. The zero-order chi connectivity index (χ0) is 26.0. The van der Waals surface area contributed by atoms with Gasteiger partial charge >= 0.3 is 0 Å². The Morgan fingerprint density at radius 1 is 1.06 bits per heavy atom. The lowest BCUT2D eigenvalue weighted by atomic mass is 10.1. The molecule has 2 N–H and O–H groups in total. The smallest absolute Gasteiger partial charge is 0.267 e. The number of ether oxygens (including phenoxy) is 1. The summed E-state index contributed by atoms with van der Waals surface area (Å²) in [4.78, 5) is 8.19. The van der Waals surface area contributed by atoms with Crippen molar-refractivity contribution in [1.29, 1.82) is 0 Å². The number of nitrogens with zero attached hydrogens (tertiary/aromatic N) is 2. The minimum atomic E-state index is -4.17. The number of rotatable bonds is 8. The van der Waals surface area contributed by atoms with Crippen LogP contribution in [0.4, 0.5) is 20.2 Å². The number of sulfonamides is 1. The number of anilines is 2. The van der Waals surface area contributed by atoms with E-state index in [1.165, 1.54) is 62.0 Å². The van der Waals surface area contributed by atoms with Crippen molar-refractivity contribution in [2.75, 3.05) is 17.1 Å². The number of halogens is 2. The fourth-order valence-corrected chi connectivity index (χ4v) is 4.83. The van der Waals surface area contributed by atoms with Gasteiger partial charge in [-0.1, -0.05) is 6.58 Å². The Balaban J connectivity index is 1.60. The van der Waals surface area contributed by atoms with Gasteiger partial charge in [0.15, 0.2) is 4.90 Å². The summed E-state index contributed by atoms with van der Waals surface area (Å²) >= 11 is 0. The average molecular weight is 513 g/mol. The van der Waals surface area contributed by atoms with Gasteiger partial charge in [0, 0.05) is 5.56 Å². The van der Waals surface area contributed by atoms with Crippen LogP contribution in [-0.4, -0.2) is 25.5 Å². The molecule has 8 nitrogen and oxygen atoms in total. The minimum absolute atomic E-state index is 0.129. The molecule has 0 saturated carbocycles. The predicted molar refractivity (Wildman–Crippen MR) is 132 cm³/mol. The van der Waals surface area contributed by atoms with Gasteiger partial charge in [0.25, 0.3) is 10.0 Å². The van der Waals surface area contributed by atoms with E-state index in [1.807, 2.05) is 0 Å². The van der Waals surface area contributed by atoms with Gasteiger partial charge in [-0.05, 0) is 67.4 Å². The summed E-state index contributed by atoms with van der Waals surface area (Å²) in [6, 6.07) is 9.45. The maximum absolute atomic E-state index is 13.7. The zero-order valence-corrected chi connectivity index (χ0v) is 20.4. The molecule has 36 heavy (non-hydrogen) atoms. The number of methoxy groups -OCH3 is 1. The maximum atomic E-state index is 13.7. The van der Waals surface area contributed by atoms with Crippen molar-refractivity contribution in [3.8, 4) is 17.3 Å². The SMILES string of the molecule is C=C(Nc1cnc(OC)c(S(=O)(=O)Nc2c(C)cc(F)cc2C)c1)c1coc(-c2ccc(F)cc2)n1. The third-order valence-corrected chi connectivity index (χ3v) is 6.58. The predicted octanol–water partition coefficient (Wildman–Crippen LogP) is 5.52. The van der Waals surface area contributed by atoms with Crippen molar-refractivity contribution in [2.24, 2.45) is 0 Å². The van der Waals surface area contributed by atoms with E-state index in [-0.39, 0.29) is 28.2 Å². The highest BCUT2D eigenvalue weighted by atomic mass is 32.2. The van der Waals surface area contributed by atoms with Crippen LogP contribution >= 0.6 is 0 Å². The Labute approximate surface area is 206 Å². The molecule has 2 aromatic carbocycles. The number of oxazole rings is 1. The van der Waals surface area contributed by atoms with Crippen LogP contribution in [-0.2, 0) is 10.0 Å². The molecule has 0 saturated heterocycles. The summed E-state index contributed by atoms with van der Waals surface area (Å²) in [5.74, 6) is -0.713. The van der Waals surface area contributed by atoms with Crippen LogP contribution in [0.15, 0.2) is 70.8 Å². The Kier molecular flexibility index (Phi) is 6.75. The first-order valence-electron chi connectivity index (χ1n) is 10.6. The number of nitrogens with one attached hydrogen (secondary N) is 2. The van der Waals surface area contributed by atoms with Crippen molar-refractivity contribution in [2.45, 2.75) is 18.7 Å². The first-order valence-corrected chi connectivity index (χ1v) is 12.1. The molecule has 2 heterocycles. The molecule has 0 unspecified atom stereocenters. The number of aryl methyl sites for hydroxylation is 2. The van der Waals surface area contributed by atoms with Crippen LogP contribution in [0, 0.1) is 25.5 Å². The van der Waals surface area contributed by atoms with Gasteiger partial charge in [0.2, 0.25) is 11.8 Å². The first kappa shape index (κ1) is 24.9. The number of benzene rings is 2. The largest absolute Gasteiger partial charge is 0.480 e. The summed E-state index contributed by atoms with van der Waals surface area (Å²) in [6.45, 7) is 7.12. The maximum Gasteiger partial charge on any atom is 0.267 e. The molecule has 0 radical (unpaired) electrons. The summed E-state index contributed by atoms with van der Waals surface area (Å²) in [5, 5.41) is 2.95. The standard InChI is InChI=1S/C25H22F2N4O4S/c1-14-9-19(27)10-15(2)23(14)31-36(32,33)22-11-20(12-28-25(22)34-4)29-16(3)21-13-35-24(30-21)17-5-7-18(26)8-6-17/h5-13,29,31H,3H2,1-2,4H3. The zero-order valence-electron chi connectivity index (χ0n) is 19.6. The van der Waals surface area contributed by atoms with Crippen LogP contribution in [0.2, 0.25) is 0 Å². The van der Waals surface area contributed by atoms with Gasteiger partial charge in [-0.15, -0.1) is 0 Å². The second kappa shape index (κ2) is 9.78. The molecule has 0 aliphatic carbocycles. The normalized spacial score (nSPS) is 11.2. The fourth-order valence-electron chi connectivity index (χ4n) is 3.48. The van der Waals surface area contributed by atoms with Crippen molar-refractivity contribution in [3.63, 3.8) is 0 Å². The molecule has 2 aromatic heterocycles. The van der Waals surface area contributed by atoms with E-state index in [2.05, 4.69) is 26.6 Å². The van der Waals surface area contributed by atoms with Crippen LogP contribution in [0.1, 0.15) is 16.8 Å². The van der Waals surface area contributed by atoms with Crippen LogP contribution < -0.4 is 14.8 Å². The van der Waals surface area contributed by atoms with Crippen LogP contribution in [0.5, 0.6) is 5.88 Å². The molecule has 0 spiro atoms. The second-order valence-electron chi connectivity index (χ2n) is 7.90. The molecule has 0 aliphatic heterocycles. The van der Waals surface area contributed by atoms with Crippen molar-refractivity contribution < 1.29 is 26.4 Å². The van der Waals surface area contributed by atoms with Gasteiger partial charge < -0.3 is 14.5 Å². The molecule has 4 rings (SSSR count). The van der Waals surface area contributed by atoms with E-state index < -0.39 is 15.8 Å². The number of aromatic nitrogens is 2. The van der Waals surface area contributed by atoms with E-state index in [0.29, 0.717) is 33.8 Å². The summed E-state index contributed by atoms with van der Waals surface area (Å²) in [5.41, 5.74) is 2.64. The molecule has 4 aromatic rings. The highest BCUT2D eigenvalue weighted by molar-refractivity contribution is 7.92. The monoisotopic (exact) mass is 512 g/mol. The number of hydrogen-bond acceptors (Lipinski definition) is 7. The second-order valence-corrected chi connectivity index (χ2v) is 9.55. The van der Waals surface area contributed by atoms with Gasteiger partial charge in [-0.2, -0.15) is 0 Å². The van der Waals surface area contributed by atoms with E-state index in [4.69, 9.17) is 9.15 Å². The first-order chi connectivity index (χ1) is 17.1. The molecule has 11 heteroatoms. The molecule has 186 valence electrons. The van der Waals surface area contributed by atoms with Gasteiger partial charge in [0.1, 0.15) is 23.6 Å². The summed E-state index contributed by atoms with van der Waals surface area (Å²) in [7, 11) is -2.87. The molecular formula is C25H22F2N4O4S. The quantitative estimate of drug-likeness (QED) is 0.320. The van der Waals surface area contributed by atoms with Crippen molar-refractivity contribution in [3.05, 3.63) is 90.0 Å². The minimum Gasteiger partial charge on any atom is -0.480 e. The van der Waals surface area contributed by atoms with E-state index >= 15 is 0 Å². The lowest BCUT2D eigenvalue weighted by Gasteiger charge is -2.16. The van der Waals surface area contributed by atoms with Crippen molar-refractivity contribution in [1.82, 2.24) is 9.97 Å². The fraction of sp³-hybridized carbons (Fsp3) is 0.120. The lowest BCUT2D eigenvalue weighted by Crippen LogP contribution is -2.17. The molecule has 0 amide bonds. The molecule has 0 fully saturated rings. The summed E-state index contributed by atoms with van der Waals surface area (Å²) < 4.78 is 66.4. The average Bonchev–Trinajstić information content (AvgIpc) is 3.32. The molecule has 0 aliphatic rings. The Bertz CT molecular complexity index is 1530. The van der Waals surface area contributed by atoms with Gasteiger partial charge in [0.05, 0.1) is 30.4 Å². The van der Waals surface area contributed by atoms with Crippen LogP contribution in [0.25, 0.3) is 17.2 Å². The molecule has 0 atom stereocenters. The van der Waals surface area contributed by atoms with Gasteiger partial charge in [-0.25, -0.2) is 27.2 Å². The number of pyridine rings is 1. The summed E-state index contributed by atoms with van der Waals surface area (Å²) in [6.07, 6.45) is 2.74. The molecule has 0 bridgehead atoms. The van der Waals surface area contributed by atoms with Gasteiger partial charge in [-0.3, -0.25) is 4.72 Å². The lowest BCUT2D eigenvalue weighted by molar-refractivity contribution is 0.385. The van der Waals surface area contributed by atoms with Crippen LogP contribution in [0.3, 0.4) is 0 Å².